The molecule has 140 valence electrons. The first kappa shape index (κ1) is 19.3. The van der Waals surface area contributed by atoms with E-state index in [1.54, 1.807) is 0 Å². The van der Waals surface area contributed by atoms with Gasteiger partial charge in [0.15, 0.2) is 0 Å². The van der Waals surface area contributed by atoms with Gasteiger partial charge in [-0.05, 0) is 36.6 Å². The van der Waals surface area contributed by atoms with E-state index in [1.165, 1.54) is 30.5 Å². The minimum atomic E-state index is -3.74. The van der Waals surface area contributed by atoms with Crippen LogP contribution >= 0.6 is 23.2 Å². The Kier molecular flexibility index (Phi) is 5.97. The fraction of sp³-hybridized carbons (Fsp3) is 0.333. The van der Waals surface area contributed by atoms with Crippen molar-refractivity contribution < 1.29 is 13.2 Å². The molecule has 0 amide bonds. The highest BCUT2D eigenvalue weighted by molar-refractivity contribution is 7.89. The Balaban J connectivity index is 1.59. The molecule has 0 unspecified atom stereocenters. The summed E-state index contributed by atoms with van der Waals surface area (Å²) in [6, 6.07) is 11.2. The number of hydrogen-bond donors (Lipinski definition) is 1. The van der Waals surface area contributed by atoms with E-state index in [2.05, 4.69) is 21.8 Å². The lowest BCUT2D eigenvalue weighted by molar-refractivity contribution is 0.414. The van der Waals surface area contributed by atoms with E-state index in [4.69, 9.17) is 27.9 Å². The predicted molar refractivity (Wildman–Crippen MR) is 105 cm³/mol. The number of halogens is 2. The van der Waals surface area contributed by atoms with Crippen molar-refractivity contribution in [1.82, 2.24) is 4.72 Å². The third-order valence-electron chi connectivity index (χ3n) is 4.40. The van der Waals surface area contributed by atoms with Crippen molar-refractivity contribution in [2.24, 2.45) is 0 Å². The Hall–Kier alpha value is -1.47. The molecule has 1 aliphatic rings. The van der Waals surface area contributed by atoms with Gasteiger partial charge in [0.05, 0.1) is 12.1 Å². The van der Waals surface area contributed by atoms with Crippen molar-refractivity contribution in [1.29, 1.82) is 0 Å². The van der Waals surface area contributed by atoms with Crippen LogP contribution in [0.3, 0.4) is 0 Å². The number of sulfonamides is 1. The second kappa shape index (κ2) is 8.05. The van der Waals surface area contributed by atoms with Crippen LogP contribution in [0.1, 0.15) is 12.0 Å². The molecule has 0 spiro atoms. The van der Waals surface area contributed by atoms with Crippen LogP contribution in [0.4, 0.5) is 5.69 Å². The van der Waals surface area contributed by atoms with Crippen molar-refractivity contribution in [2.45, 2.75) is 17.7 Å². The van der Waals surface area contributed by atoms with Gasteiger partial charge in [-0.3, -0.25) is 0 Å². The first-order valence-corrected chi connectivity index (χ1v) is 10.5. The molecule has 1 heterocycles. The van der Waals surface area contributed by atoms with Crippen LogP contribution < -0.4 is 14.4 Å². The number of para-hydroxylation sites is 1. The van der Waals surface area contributed by atoms with E-state index in [0.717, 1.165) is 19.5 Å². The highest BCUT2D eigenvalue weighted by atomic mass is 35.5. The van der Waals surface area contributed by atoms with Crippen LogP contribution in [0, 0.1) is 0 Å². The summed E-state index contributed by atoms with van der Waals surface area (Å²) in [7, 11) is -2.29. The van der Waals surface area contributed by atoms with Crippen LogP contribution in [0.15, 0.2) is 41.3 Å². The minimum Gasteiger partial charge on any atom is -0.495 e. The molecule has 0 radical (unpaired) electrons. The third-order valence-corrected chi connectivity index (χ3v) is 6.88. The van der Waals surface area contributed by atoms with Gasteiger partial charge in [0, 0.05) is 25.3 Å². The highest BCUT2D eigenvalue weighted by Crippen LogP contribution is 2.36. The molecule has 1 N–H and O–H groups in total. The molecule has 2 aromatic carbocycles. The van der Waals surface area contributed by atoms with Gasteiger partial charge in [-0.1, -0.05) is 41.4 Å². The fourth-order valence-electron chi connectivity index (χ4n) is 3.07. The number of methoxy groups -OCH3 is 1. The Morgan fingerprint density at radius 3 is 2.69 bits per heavy atom. The third kappa shape index (κ3) is 3.93. The Bertz CT molecular complexity index is 903. The van der Waals surface area contributed by atoms with Crippen molar-refractivity contribution in [3.63, 3.8) is 0 Å². The SMILES string of the molecule is COc1ccc(S(=O)(=O)NCCCN2CCc3ccccc32)c(Cl)c1Cl. The zero-order valence-electron chi connectivity index (χ0n) is 14.3. The van der Waals surface area contributed by atoms with Gasteiger partial charge >= 0.3 is 0 Å². The van der Waals surface area contributed by atoms with Crippen LogP contribution in [0.25, 0.3) is 0 Å². The molecule has 3 rings (SSSR count). The summed E-state index contributed by atoms with van der Waals surface area (Å²) in [5.74, 6) is 0.336. The predicted octanol–water partition coefficient (Wildman–Crippen LogP) is 3.73. The van der Waals surface area contributed by atoms with E-state index >= 15 is 0 Å². The van der Waals surface area contributed by atoms with Crippen molar-refractivity contribution in [3.8, 4) is 5.75 Å². The first-order valence-electron chi connectivity index (χ1n) is 8.28. The number of fused-ring (bicyclic) bond motifs is 1. The smallest absolute Gasteiger partial charge is 0.242 e. The van der Waals surface area contributed by atoms with Crippen molar-refractivity contribution in [3.05, 3.63) is 52.0 Å². The maximum Gasteiger partial charge on any atom is 0.242 e. The molecule has 0 aliphatic carbocycles. The standard InChI is InChI=1S/C18H20Cl2N2O3S/c1-25-15-7-8-16(18(20)17(15)19)26(23,24)21-10-4-11-22-12-9-13-5-2-3-6-14(13)22/h2-3,5-8,21H,4,9-12H2,1H3. The topological polar surface area (TPSA) is 58.6 Å². The molecule has 8 heteroatoms. The summed E-state index contributed by atoms with van der Waals surface area (Å²) >= 11 is 12.1. The summed E-state index contributed by atoms with van der Waals surface area (Å²) in [5, 5.41) is 0.0534. The first-order chi connectivity index (χ1) is 12.4. The number of benzene rings is 2. The van der Waals surface area contributed by atoms with Gasteiger partial charge < -0.3 is 9.64 Å². The molecule has 0 fully saturated rings. The van der Waals surface area contributed by atoms with E-state index in [0.29, 0.717) is 18.7 Å². The lowest BCUT2D eigenvalue weighted by Gasteiger charge is -2.19. The molecule has 0 bridgehead atoms. The highest BCUT2D eigenvalue weighted by Gasteiger charge is 2.22. The lowest BCUT2D eigenvalue weighted by atomic mass is 10.2. The average molecular weight is 415 g/mol. The molecule has 1 aliphatic heterocycles. The quantitative estimate of drug-likeness (QED) is 0.701. The van der Waals surface area contributed by atoms with E-state index in [-0.39, 0.29) is 14.9 Å². The number of nitrogens with one attached hydrogen (secondary N) is 1. The molecule has 0 saturated heterocycles. The number of hydrogen-bond acceptors (Lipinski definition) is 4. The van der Waals surface area contributed by atoms with Crippen LogP contribution in [-0.4, -0.2) is 35.2 Å². The van der Waals surface area contributed by atoms with Gasteiger partial charge in [0.1, 0.15) is 15.7 Å². The average Bonchev–Trinajstić information content (AvgIpc) is 3.04. The Morgan fingerprint density at radius 2 is 1.92 bits per heavy atom. The number of nitrogens with zero attached hydrogens (tertiary/aromatic N) is 1. The molecule has 2 aromatic rings. The normalized spacial score (nSPS) is 13.7. The molecule has 0 saturated carbocycles. The Labute approximate surface area is 163 Å². The minimum absolute atomic E-state index is 0.0352. The summed E-state index contributed by atoms with van der Waals surface area (Å²) < 4.78 is 32.6. The fourth-order valence-corrected chi connectivity index (χ4v) is 4.98. The monoisotopic (exact) mass is 414 g/mol. The van der Waals surface area contributed by atoms with Gasteiger partial charge in [0.2, 0.25) is 10.0 Å². The number of anilines is 1. The lowest BCUT2D eigenvalue weighted by Crippen LogP contribution is -2.29. The van der Waals surface area contributed by atoms with E-state index in [1.807, 2.05) is 12.1 Å². The van der Waals surface area contributed by atoms with E-state index in [9.17, 15) is 8.42 Å². The zero-order chi connectivity index (χ0) is 18.7. The largest absolute Gasteiger partial charge is 0.495 e. The summed E-state index contributed by atoms with van der Waals surface area (Å²) in [6.07, 6.45) is 1.72. The molecule has 0 atom stereocenters. The number of ether oxygens (including phenoxy) is 1. The molecule has 0 aromatic heterocycles. The zero-order valence-corrected chi connectivity index (χ0v) is 16.7. The second-order valence-electron chi connectivity index (χ2n) is 6.01. The molecule has 26 heavy (non-hydrogen) atoms. The molecular formula is C18H20Cl2N2O3S. The van der Waals surface area contributed by atoms with Gasteiger partial charge in [-0.25, -0.2) is 13.1 Å². The summed E-state index contributed by atoms with van der Waals surface area (Å²) in [4.78, 5) is 2.23. The van der Waals surface area contributed by atoms with Crippen molar-refractivity contribution in [2.75, 3.05) is 31.6 Å². The van der Waals surface area contributed by atoms with Crippen LogP contribution in [0.2, 0.25) is 10.0 Å². The second-order valence-corrected chi connectivity index (χ2v) is 8.50. The molecular weight excluding hydrogens is 395 g/mol. The van der Waals surface area contributed by atoms with Crippen LogP contribution in [-0.2, 0) is 16.4 Å². The Morgan fingerprint density at radius 1 is 1.15 bits per heavy atom. The van der Waals surface area contributed by atoms with Crippen molar-refractivity contribution >= 4 is 38.9 Å². The number of rotatable bonds is 7. The summed E-state index contributed by atoms with van der Waals surface area (Å²) in [6.45, 7) is 2.07. The van der Waals surface area contributed by atoms with E-state index < -0.39 is 10.0 Å². The van der Waals surface area contributed by atoms with Gasteiger partial charge in [-0.15, -0.1) is 0 Å². The summed E-state index contributed by atoms with van der Waals surface area (Å²) in [5.41, 5.74) is 2.58. The van der Waals surface area contributed by atoms with Gasteiger partial charge in [-0.2, -0.15) is 0 Å². The van der Waals surface area contributed by atoms with Crippen LogP contribution in [0.5, 0.6) is 5.75 Å². The molecule has 5 nitrogen and oxygen atoms in total. The van der Waals surface area contributed by atoms with Gasteiger partial charge in [0.25, 0.3) is 0 Å². The maximum atomic E-state index is 12.5. The maximum absolute atomic E-state index is 12.5.